The molecule has 0 radical (unpaired) electrons. The minimum absolute atomic E-state index is 0.0101. The van der Waals surface area contributed by atoms with E-state index in [9.17, 15) is 14.4 Å². The summed E-state index contributed by atoms with van der Waals surface area (Å²) in [6, 6.07) is 13.3. The minimum atomic E-state index is -1.01. The maximum absolute atomic E-state index is 12.6. The molecule has 0 saturated carbocycles. The first-order chi connectivity index (χ1) is 13.4. The second kappa shape index (κ2) is 8.04. The van der Waals surface area contributed by atoms with E-state index in [4.69, 9.17) is 9.47 Å². The Morgan fingerprint density at radius 2 is 1.71 bits per heavy atom. The van der Waals surface area contributed by atoms with Crippen molar-refractivity contribution < 1.29 is 19.1 Å². The molecule has 0 aliphatic carbocycles. The summed E-state index contributed by atoms with van der Waals surface area (Å²) in [6.45, 7) is 3.90. The lowest BCUT2D eigenvalue weighted by Gasteiger charge is -2.14. The van der Waals surface area contributed by atoms with E-state index in [0.29, 0.717) is 28.7 Å². The zero-order chi connectivity index (χ0) is 20.3. The van der Waals surface area contributed by atoms with Gasteiger partial charge in [0.25, 0.3) is 5.56 Å². The summed E-state index contributed by atoms with van der Waals surface area (Å²) < 4.78 is 11.8. The summed E-state index contributed by atoms with van der Waals surface area (Å²) in [6.07, 6.45) is -1.01. The van der Waals surface area contributed by atoms with Crippen molar-refractivity contribution in [3.8, 4) is 5.75 Å². The van der Waals surface area contributed by atoms with Crippen LogP contribution in [0.5, 0.6) is 5.75 Å². The van der Waals surface area contributed by atoms with E-state index in [0.717, 1.165) is 4.68 Å². The van der Waals surface area contributed by atoms with Crippen molar-refractivity contribution in [1.29, 1.82) is 0 Å². The van der Waals surface area contributed by atoms with E-state index in [1.54, 1.807) is 48.5 Å². The van der Waals surface area contributed by atoms with Gasteiger partial charge in [0.1, 0.15) is 5.75 Å². The summed E-state index contributed by atoms with van der Waals surface area (Å²) in [7, 11) is 1.46. The average Bonchev–Trinajstić information content (AvgIpc) is 2.71. The number of nitrogens with zero attached hydrogens (tertiary/aromatic N) is 2. The van der Waals surface area contributed by atoms with E-state index in [2.05, 4.69) is 5.10 Å². The van der Waals surface area contributed by atoms with Gasteiger partial charge in [0.2, 0.25) is 5.78 Å². The van der Waals surface area contributed by atoms with Crippen LogP contribution in [-0.2, 0) is 11.8 Å². The number of rotatable bonds is 6. The molecule has 0 fully saturated rings. The van der Waals surface area contributed by atoms with Gasteiger partial charge in [-0.3, -0.25) is 9.59 Å². The molecule has 7 heteroatoms. The van der Waals surface area contributed by atoms with E-state index < -0.39 is 12.1 Å². The van der Waals surface area contributed by atoms with Gasteiger partial charge in [-0.15, -0.1) is 0 Å². The van der Waals surface area contributed by atoms with Crippen molar-refractivity contribution in [2.75, 3.05) is 6.61 Å². The van der Waals surface area contributed by atoms with E-state index in [1.165, 1.54) is 14.0 Å². The highest BCUT2D eigenvalue weighted by atomic mass is 16.5. The maximum Gasteiger partial charge on any atom is 0.360 e. The number of carbonyl (C=O) groups is 2. The third-order valence-electron chi connectivity index (χ3n) is 4.25. The molecule has 28 heavy (non-hydrogen) atoms. The number of esters is 1. The Morgan fingerprint density at radius 1 is 1.07 bits per heavy atom. The Kier molecular flexibility index (Phi) is 5.54. The molecule has 1 heterocycles. The molecule has 0 aliphatic rings. The summed E-state index contributed by atoms with van der Waals surface area (Å²) in [5.74, 6) is -0.450. The first-order valence-electron chi connectivity index (χ1n) is 8.86. The lowest BCUT2D eigenvalue weighted by Crippen LogP contribution is -2.28. The van der Waals surface area contributed by atoms with E-state index in [1.807, 2.05) is 6.92 Å². The summed E-state index contributed by atoms with van der Waals surface area (Å²) in [5.41, 5.74) is 0.0803. The largest absolute Gasteiger partial charge is 0.494 e. The predicted octanol–water partition coefficient (Wildman–Crippen LogP) is 2.76. The van der Waals surface area contributed by atoms with Crippen LogP contribution in [0, 0.1) is 0 Å². The molecule has 0 aliphatic heterocycles. The van der Waals surface area contributed by atoms with Crippen LogP contribution in [0.2, 0.25) is 0 Å². The fourth-order valence-electron chi connectivity index (χ4n) is 2.84. The van der Waals surface area contributed by atoms with Crippen LogP contribution in [0.25, 0.3) is 10.8 Å². The predicted molar refractivity (Wildman–Crippen MR) is 104 cm³/mol. The van der Waals surface area contributed by atoms with Crippen molar-refractivity contribution in [3.63, 3.8) is 0 Å². The second-order valence-electron chi connectivity index (χ2n) is 6.19. The Labute approximate surface area is 161 Å². The summed E-state index contributed by atoms with van der Waals surface area (Å²) in [5, 5.41) is 4.76. The average molecular weight is 380 g/mol. The molecule has 0 saturated heterocycles. The fourth-order valence-corrected chi connectivity index (χ4v) is 2.84. The van der Waals surface area contributed by atoms with Gasteiger partial charge in [-0.1, -0.05) is 18.2 Å². The normalized spacial score (nSPS) is 11.8. The second-order valence-corrected chi connectivity index (χ2v) is 6.19. The van der Waals surface area contributed by atoms with Gasteiger partial charge in [0, 0.05) is 18.0 Å². The SMILES string of the molecule is CCOc1ccc(C(=O)[C@@H](C)OC(=O)c2nn(C)c(=O)c3ccccc23)cc1. The molecule has 0 bridgehead atoms. The number of fused-ring (bicyclic) bond motifs is 1. The molecule has 2 aromatic carbocycles. The van der Waals surface area contributed by atoms with Crippen molar-refractivity contribution in [2.24, 2.45) is 7.05 Å². The Bertz CT molecular complexity index is 1090. The minimum Gasteiger partial charge on any atom is -0.494 e. The summed E-state index contributed by atoms with van der Waals surface area (Å²) in [4.78, 5) is 37.4. The molecule has 1 aromatic heterocycles. The van der Waals surface area contributed by atoms with Gasteiger partial charge in [0.05, 0.1) is 12.0 Å². The highest BCUT2D eigenvalue weighted by molar-refractivity contribution is 6.05. The molecular weight excluding hydrogens is 360 g/mol. The number of benzene rings is 2. The van der Waals surface area contributed by atoms with Crippen molar-refractivity contribution in [3.05, 3.63) is 70.1 Å². The topological polar surface area (TPSA) is 87.5 Å². The zero-order valence-electron chi connectivity index (χ0n) is 15.8. The van der Waals surface area contributed by atoms with Gasteiger partial charge >= 0.3 is 5.97 Å². The number of ketones is 1. The van der Waals surface area contributed by atoms with Crippen molar-refractivity contribution in [1.82, 2.24) is 9.78 Å². The molecule has 0 N–H and O–H groups in total. The Balaban J connectivity index is 1.83. The van der Waals surface area contributed by atoms with E-state index >= 15 is 0 Å². The van der Waals surface area contributed by atoms with Crippen LogP contribution in [0.3, 0.4) is 0 Å². The van der Waals surface area contributed by atoms with Crippen LogP contribution in [0.4, 0.5) is 0 Å². The zero-order valence-corrected chi connectivity index (χ0v) is 15.8. The molecule has 1 atom stereocenters. The molecule has 3 aromatic rings. The third-order valence-corrected chi connectivity index (χ3v) is 4.25. The van der Waals surface area contributed by atoms with Crippen LogP contribution in [0.15, 0.2) is 53.3 Å². The van der Waals surface area contributed by atoms with Crippen molar-refractivity contribution in [2.45, 2.75) is 20.0 Å². The van der Waals surface area contributed by atoms with Crippen LogP contribution in [-0.4, -0.2) is 34.2 Å². The van der Waals surface area contributed by atoms with Gasteiger partial charge in [-0.2, -0.15) is 5.10 Å². The smallest absolute Gasteiger partial charge is 0.360 e. The number of aromatic nitrogens is 2. The standard InChI is InChI=1S/C21H20N2O5/c1-4-27-15-11-9-14(10-12-15)19(24)13(2)28-21(26)18-16-7-5-6-8-17(16)20(25)23(3)22-18/h5-13H,4H2,1-3H3/t13-/m1/s1. The highest BCUT2D eigenvalue weighted by Gasteiger charge is 2.23. The third kappa shape index (κ3) is 3.78. The van der Waals surface area contributed by atoms with Crippen LogP contribution >= 0.6 is 0 Å². The number of aryl methyl sites for hydroxylation is 1. The number of carbonyl (C=O) groups excluding carboxylic acids is 2. The lowest BCUT2D eigenvalue weighted by atomic mass is 10.1. The number of hydrogen-bond donors (Lipinski definition) is 0. The molecule has 0 amide bonds. The molecule has 0 spiro atoms. The lowest BCUT2D eigenvalue weighted by molar-refractivity contribution is 0.0313. The first-order valence-corrected chi connectivity index (χ1v) is 8.86. The number of ether oxygens (including phenoxy) is 2. The summed E-state index contributed by atoms with van der Waals surface area (Å²) >= 11 is 0. The number of hydrogen-bond acceptors (Lipinski definition) is 6. The molecule has 144 valence electrons. The molecule has 3 rings (SSSR count). The Morgan fingerprint density at radius 3 is 2.36 bits per heavy atom. The maximum atomic E-state index is 12.6. The van der Waals surface area contributed by atoms with Gasteiger partial charge in [-0.05, 0) is 44.2 Å². The molecular formula is C21H20N2O5. The van der Waals surface area contributed by atoms with Crippen LogP contribution < -0.4 is 10.3 Å². The highest BCUT2D eigenvalue weighted by Crippen LogP contribution is 2.17. The van der Waals surface area contributed by atoms with Crippen LogP contribution in [0.1, 0.15) is 34.7 Å². The quantitative estimate of drug-likeness (QED) is 0.483. The number of Topliss-reactive ketones (excluding diaryl/α,β-unsaturated/α-hetero) is 1. The monoisotopic (exact) mass is 380 g/mol. The van der Waals surface area contributed by atoms with Crippen molar-refractivity contribution >= 4 is 22.5 Å². The molecule has 7 nitrogen and oxygen atoms in total. The molecule has 0 unspecified atom stereocenters. The Hall–Kier alpha value is -3.48. The van der Waals surface area contributed by atoms with Gasteiger partial charge < -0.3 is 9.47 Å². The van der Waals surface area contributed by atoms with E-state index in [-0.39, 0.29) is 17.0 Å². The van der Waals surface area contributed by atoms with Gasteiger partial charge in [-0.25, -0.2) is 9.48 Å². The first kappa shape index (κ1) is 19.3. The fraction of sp³-hybridized carbons (Fsp3) is 0.238. The van der Waals surface area contributed by atoms with Gasteiger partial charge in [0.15, 0.2) is 11.8 Å².